The number of ether oxygens (including phenoxy) is 1. The van der Waals surface area contributed by atoms with Gasteiger partial charge >= 0.3 is 0 Å². The first-order valence-corrected chi connectivity index (χ1v) is 8.92. The average molecular weight is 368 g/mol. The molecule has 1 aliphatic rings. The van der Waals surface area contributed by atoms with E-state index in [-0.39, 0.29) is 5.82 Å². The maximum Gasteiger partial charge on any atom is 0.241 e. The Morgan fingerprint density at radius 3 is 2.52 bits per heavy atom. The highest BCUT2D eigenvalue weighted by molar-refractivity contribution is 5.63. The molecule has 0 amide bonds. The smallest absolute Gasteiger partial charge is 0.241 e. The zero-order valence-electron chi connectivity index (χ0n) is 15.1. The van der Waals surface area contributed by atoms with Crippen molar-refractivity contribution in [2.24, 2.45) is 0 Å². The molecular weight excluding hydrogens is 347 g/mol. The lowest BCUT2D eigenvalue weighted by Crippen LogP contribution is -2.46. The summed E-state index contributed by atoms with van der Waals surface area (Å²) in [5.74, 6) is 1.64. The number of nitrogens with zero attached hydrogens (tertiary/aromatic N) is 4. The van der Waals surface area contributed by atoms with Gasteiger partial charge < -0.3 is 14.2 Å². The van der Waals surface area contributed by atoms with Crippen LogP contribution in [0.4, 0.5) is 10.1 Å². The van der Waals surface area contributed by atoms with E-state index < -0.39 is 0 Å². The van der Waals surface area contributed by atoms with Crippen LogP contribution in [0, 0.1) is 5.82 Å². The van der Waals surface area contributed by atoms with Crippen molar-refractivity contribution >= 4 is 5.69 Å². The molecule has 1 fully saturated rings. The normalized spacial score (nSPS) is 15.1. The zero-order valence-corrected chi connectivity index (χ0v) is 15.1. The summed E-state index contributed by atoms with van der Waals surface area (Å²) in [5, 5.41) is 4.09. The van der Waals surface area contributed by atoms with Crippen molar-refractivity contribution in [2.45, 2.75) is 6.54 Å². The molecule has 0 bridgehead atoms. The van der Waals surface area contributed by atoms with Crippen LogP contribution in [0.2, 0.25) is 0 Å². The van der Waals surface area contributed by atoms with Crippen LogP contribution in [0.3, 0.4) is 0 Å². The van der Waals surface area contributed by atoms with Crippen LogP contribution in [0.15, 0.2) is 53.1 Å². The van der Waals surface area contributed by atoms with Crippen LogP contribution in [0.5, 0.6) is 5.75 Å². The van der Waals surface area contributed by atoms with Crippen LogP contribution in [-0.2, 0) is 6.54 Å². The Morgan fingerprint density at radius 1 is 1.04 bits per heavy atom. The first kappa shape index (κ1) is 17.5. The molecule has 2 heterocycles. The van der Waals surface area contributed by atoms with E-state index in [9.17, 15) is 4.39 Å². The third-order valence-electron chi connectivity index (χ3n) is 4.74. The molecule has 1 aliphatic heterocycles. The van der Waals surface area contributed by atoms with Crippen LogP contribution in [-0.4, -0.2) is 48.3 Å². The minimum atomic E-state index is -0.209. The summed E-state index contributed by atoms with van der Waals surface area (Å²) in [7, 11) is 1.63. The standard InChI is InChI=1S/C20H21FN4O2/c1-26-18-5-3-2-4-17(18)20-22-19(27-23-20)14-24-10-12-25(13-11-24)16-8-6-15(21)7-9-16/h2-9H,10-14H2,1H3. The van der Waals surface area contributed by atoms with Crippen molar-refractivity contribution in [1.82, 2.24) is 15.0 Å². The second-order valence-electron chi connectivity index (χ2n) is 6.45. The molecule has 0 unspecified atom stereocenters. The number of benzene rings is 2. The summed E-state index contributed by atoms with van der Waals surface area (Å²) in [6, 6.07) is 14.3. The number of piperazine rings is 1. The maximum absolute atomic E-state index is 13.1. The van der Waals surface area contributed by atoms with Crippen molar-refractivity contribution in [2.75, 3.05) is 38.2 Å². The van der Waals surface area contributed by atoms with Gasteiger partial charge in [0.05, 0.1) is 19.2 Å². The first-order chi connectivity index (χ1) is 13.2. The van der Waals surface area contributed by atoms with E-state index in [0.29, 0.717) is 18.3 Å². The van der Waals surface area contributed by atoms with Crippen LogP contribution in [0.1, 0.15) is 5.89 Å². The predicted octanol–water partition coefficient (Wildman–Crippen LogP) is 3.21. The summed E-state index contributed by atoms with van der Waals surface area (Å²) in [6.07, 6.45) is 0. The Hall–Kier alpha value is -2.93. The Morgan fingerprint density at radius 2 is 1.78 bits per heavy atom. The predicted molar refractivity (Wildman–Crippen MR) is 100 cm³/mol. The quantitative estimate of drug-likeness (QED) is 0.689. The van der Waals surface area contributed by atoms with E-state index in [4.69, 9.17) is 9.26 Å². The Labute approximate surface area is 157 Å². The third kappa shape index (κ3) is 3.93. The molecule has 6 nitrogen and oxygen atoms in total. The largest absolute Gasteiger partial charge is 0.496 e. The van der Waals surface area contributed by atoms with E-state index in [1.807, 2.05) is 36.4 Å². The van der Waals surface area contributed by atoms with Gasteiger partial charge in [-0.2, -0.15) is 4.98 Å². The fraction of sp³-hybridized carbons (Fsp3) is 0.300. The van der Waals surface area contributed by atoms with Gasteiger partial charge in [0.2, 0.25) is 11.7 Å². The molecule has 7 heteroatoms. The number of anilines is 1. The molecule has 0 atom stereocenters. The number of rotatable bonds is 5. The fourth-order valence-corrected chi connectivity index (χ4v) is 3.27. The van der Waals surface area contributed by atoms with Gasteiger partial charge in [-0.05, 0) is 36.4 Å². The number of hydrogen-bond acceptors (Lipinski definition) is 6. The SMILES string of the molecule is COc1ccccc1-c1noc(CN2CCN(c3ccc(F)cc3)CC2)n1. The highest BCUT2D eigenvalue weighted by Gasteiger charge is 2.20. The molecule has 140 valence electrons. The van der Waals surface area contributed by atoms with Crippen molar-refractivity contribution < 1.29 is 13.7 Å². The monoisotopic (exact) mass is 368 g/mol. The molecule has 0 spiro atoms. The number of methoxy groups -OCH3 is 1. The third-order valence-corrected chi connectivity index (χ3v) is 4.74. The lowest BCUT2D eigenvalue weighted by atomic mass is 10.2. The highest BCUT2D eigenvalue weighted by Crippen LogP contribution is 2.27. The Kier molecular flexibility index (Phi) is 5.02. The van der Waals surface area contributed by atoms with Gasteiger partial charge in [0.25, 0.3) is 0 Å². The van der Waals surface area contributed by atoms with Gasteiger partial charge in [-0.3, -0.25) is 4.90 Å². The molecule has 1 saturated heterocycles. The van der Waals surface area contributed by atoms with E-state index in [0.717, 1.165) is 43.2 Å². The van der Waals surface area contributed by atoms with Gasteiger partial charge in [0.1, 0.15) is 11.6 Å². The van der Waals surface area contributed by atoms with Gasteiger partial charge in [0.15, 0.2) is 0 Å². The van der Waals surface area contributed by atoms with Crippen LogP contribution < -0.4 is 9.64 Å². The van der Waals surface area contributed by atoms with Gasteiger partial charge in [0, 0.05) is 31.9 Å². The van der Waals surface area contributed by atoms with Crippen molar-refractivity contribution in [3.63, 3.8) is 0 Å². The van der Waals surface area contributed by atoms with E-state index in [1.165, 1.54) is 12.1 Å². The summed E-state index contributed by atoms with van der Waals surface area (Å²) in [5.41, 5.74) is 1.86. The molecule has 27 heavy (non-hydrogen) atoms. The summed E-state index contributed by atoms with van der Waals surface area (Å²) >= 11 is 0. The molecule has 0 N–H and O–H groups in total. The number of aromatic nitrogens is 2. The minimum Gasteiger partial charge on any atom is -0.496 e. The van der Waals surface area contributed by atoms with Gasteiger partial charge in [-0.15, -0.1) is 0 Å². The van der Waals surface area contributed by atoms with Crippen molar-refractivity contribution in [3.8, 4) is 17.1 Å². The summed E-state index contributed by atoms with van der Waals surface area (Å²) < 4.78 is 23.9. The second kappa shape index (κ2) is 7.75. The van der Waals surface area contributed by atoms with Crippen LogP contribution in [0.25, 0.3) is 11.4 Å². The number of hydrogen-bond donors (Lipinski definition) is 0. The lowest BCUT2D eigenvalue weighted by molar-refractivity contribution is 0.215. The van der Waals surface area contributed by atoms with E-state index >= 15 is 0 Å². The minimum absolute atomic E-state index is 0.209. The van der Waals surface area contributed by atoms with Crippen molar-refractivity contribution in [3.05, 3.63) is 60.2 Å². The van der Waals surface area contributed by atoms with E-state index in [2.05, 4.69) is 19.9 Å². The first-order valence-electron chi connectivity index (χ1n) is 8.92. The molecule has 0 saturated carbocycles. The molecule has 0 radical (unpaired) electrons. The summed E-state index contributed by atoms with van der Waals surface area (Å²) in [4.78, 5) is 9.05. The van der Waals surface area contributed by atoms with Crippen LogP contribution >= 0.6 is 0 Å². The fourth-order valence-electron chi connectivity index (χ4n) is 3.27. The Balaban J connectivity index is 1.37. The molecule has 4 rings (SSSR count). The molecule has 1 aromatic heterocycles. The second-order valence-corrected chi connectivity index (χ2v) is 6.45. The van der Waals surface area contributed by atoms with Gasteiger partial charge in [-0.1, -0.05) is 17.3 Å². The number of para-hydroxylation sites is 1. The lowest BCUT2D eigenvalue weighted by Gasteiger charge is -2.35. The maximum atomic E-state index is 13.1. The number of halogens is 1. The highest BCUT2D eigenvalue weighted by atomic mass is 19.1. The van der Waals surface area contributed by atoms with Gasteiger partial charge in [-0.25, -0.2) is 4.39 Å². The average Bonchev–Trinajstić information content (AvgIpc) is 3.17. The van der Waals surface area contributed by atoms with Crippen molar-refractivity contribution in [1.29, 1.82) is 0 Å². The zero-order chi connectivity index (χ0) is 18.6. The summed E-state index contributed by atoms with van der Waals surface area (Å²) in [6.45, 7) is 4.12. The molecule has 2 aromatic carbocycles. The Bertz CT molecular complexity index is 889. The topological polar surface area (TPSA) is 54.6 Å². The molecule has 3 aromatic rings. The molecule has 0 aliphatic carbocycles. The van der Waals surface area contributed by atoms with E-state index in [1.54, 1.807) is 7.11 Å². The molecular formula is C20H21FN4O2.